The molecule has 2 aromatic carbocycles. The quantitative estimate of drug-likeness (QED) is 0.855. The maximum absolute atomic E-state index is 11.5. The molecule has 2 aromatic rings. The van der Waals surface area contributed by atoms with Gasteiger partial charge < -0.3 is 5.11 Å². The summed E-state index contributed by atoms with van der Waals surface area (Å²) in [6.45, 7) is 0. The fourth-order valence-electron chi connectivity index (χ4n) is 2.88. The molecule has 0 aliphatic heterocycles. The second-order valence-corrected chi connectivity index (χ2v) is 5.60. The highest BCUT2D eigenvalue weighted by atomic mass is 35.5. The summed E-state index contributed by atoms with van der Waals surface area (Å²) in [5.74, 6) is -0.876. The highest BCUT2D eigenvalue weighted by molar-refractivity contribution is 6.32. The number of fused-ring (bicyclic) bond motifs is 1. The summed E-state index contributed by atoms with van der Waals surface area (Å²) in [4.78, 5) is 11.5. The highest BCUT2D eigenvalue weighted by Crippen LogP contribution is 2.35. The number of carboxylic acid groups (broad SMARTS) is 1. The van der Waals surface area contributed by atoms with Gasteiger partial charge in [-0.25, -0.2) is 4.79 Å². The fourth-order valence-corrected chi connectivity index (χ4v) is 3.07. The van der Waals surface area contributed by atoms with Gasteiger partial charge in [-0.15, -0.1) is 0 Å². The van der Waals surface area contributed by atoms with Crippen molar-refractivity contribution < 1.29 is 9.90 Å². The molecular weight excluding hydrogens is 284 g/mol. The SMILES string of the molecule is O=C(O)c1cccc2c1/C(=C/c1ccccc1Cl)CCC2. The van der Waals surface area contributed by atoms with E-state index in [2.05, 4.69) is 0 Å². The second-order valence-electron chi connectivity index (χ2n) is 5.19. The average Bonchev–Trinajstić information content (AvgIpc) is 2.49. The zero-order chi connectivity index (χ0) is 14.8. The number of carbonyl (C=O) groups is 1. The van der Waals surface area contributed by atoms with Crippen LogP contribution in [0.5, 0.6) is 0 Å². The van der Waals surface area contributed by atoms with Crippen LogP contribution in [0.1, 0.15) is 39.9 Å². The molecule has 0 aromatic heterocycles. The van der Waals surface area contributed by atoms with Gasteiger partial charge in [0.05, 0.1) is 5.56 Å². The zero-order valence-corrected chi connectivity index (χ0v) is 12.2. The Morgan fingerprint density at radius 3 is 2.67 bits per heavy atom. The Labute approximate surface area is 128 Å². The molecular formula is C18H15ClO2. The maximum atomic E-state index is 11.5. The van der Waals surface area contributed by atoms with Gasteiger partial charge in [-0.3, -0.25) is 0 Å². The van der Waals surface area contributed by atoms with Crippen LogP contribution < -0.4 is 0 Å². The van der Waals surface area contributed by atoms with Gasteiger partial charge in [-0.1, -0.05) is 41.9 Å². The van der Waals surface area contributed by atoms with E-state index in [1.165, 1.54) is 0 Å². The van der Waals surface area contributed by atoms with E-state index >= 15 is 0 Å². The molecule has 0 bridgehead atoms. The molecule has 0 spiro atoms. The number of halogens is 1. The summed E-state index contributed by atoms with van der Waals surface area (Å²) in [6.07, 6.45) is 4.86. The van der Waals surface area contributed by atoms with Crippen LogP contribution in [0.4, 0.5) is 0 Å². The molecule has 0 unspecified atom stereocenters. The third-order valence-electron chi connectivity index (χ3n) is 3.83. The summed E-state index contributed by atoms with van der Waals surface area (Å²) in [5, 5.41) is 10.1. The Balaban J connectivity index is 2.17. The average molecular weight is 299 g/mol. The minimum atomic E-state index is -0.876. The van der Waals surface area contributed by atoms with Gasteiger partial charge in [-0.05, 0) is 59.7 Å². The summed E-state index contributed by atoms with van der Waals surface area (Å²) in [7, 11) is 0. The summed E-state index contributed by atoms with van der Waals surface area (Å²) < 4.78 is 0. The summed E-state index contributed by atoms with van der Waals surface area (Å²) in [6, 6.07) is 13.1. The van der Waals surface area contributed by atoms with E-state index in [-0.39, 0.29) is 0 Å². The molecule has 0 atom stereocenters. The van der Waals surface area contributed by atoms with Gasteiger partial charge in [-0.2, -0.15) is 0 Å². The molecule has 3 heteroatoms. The number of allylic oxidation sites excluding steroid dienone is 1. The van der Waals surface area contributed by atoms with E-state index in [1.54, 1.807) is 6.07 Å². The van der Waals surface area contributed by atoms with Gasteiger partial charge >= 0.3 is 5.97 Å². The number of aromatic carboxylic acids is 1. The zero-order valence-electron chi connectivity index (χ0n) is 11.5. The Kier molecular flexibility index (Phi) is 3.80. The first-order valence-corrected chi connectivity index (χ1v) is 7.35. The van der Waals surface area contributed by atoms with Gasteiger partial charge in [0.25, 0.3) is 0 Å². The number of hydrogen-bond acceptors (Lipinski definition) is 1. The van der Waals surface area contributed by atoms with Crippen molar-refractivity contribution in [3.63, 3.8) is 0 Å². The molecule has 0 saturated carbocycles. The van der Waals surface area contributed by atoms with Crippen LogP contribution in [0, 0.1) is 0 Å². The Morgan fingerprint density at radius 2 is 1.90 bits per heavy atom. The molecule has 21 heavy (non-hydrogen) atoms. The minimum absolute atomic E-state index is 0.380. The number of aryl methyl sites for hydroxylation is 1. The molecule has 0 radical (unpaired) electrons. The van der Waals surface area contributed by atoms with E-state index in [1.807, 2.05) is 42.5 Å². The first-order valence-electron chi connectivity index (χ1n) is 6.97. The monoisotopic (exact) mass is 298 g/mol. The summed E-state index contributed by atoms with van der Waals surface area (Å²) >= 11 is 6.21. The largest absolute Gasteiger partial charge is 0.478 e. The van der Waals surface area contributed by atoms with E-state index < -0.39 is 5.97 Å². The van der Waals surface area contributed by atoms with Crippen molar-refractivity contribution in [2.75, 3.05) is 0 Å². The molecule has 3 rings (SSSR count). The van der Waals surface area contributed by atoms with Crippen molar-refractivity contribution in [1.29, 1.82) is 0 Å². The van der Waals surface area contributed by atoms with Crippen LogP contribution in [0.25, 0.3) is 11.6 Å². The van der Waals surface area contributed by atoms with Crippen LogP contribution in [0.2, 0.25) is 5.02 Å². The minimum Gasteiger partial charge on any atom is -0.478 e. The predicted octanol–water partition coefficient (Wildman–Crippen LogP) is 4.92. The first kappa shape index (κ1) is 13.9. The standard InChI is InChI=1S/C18H15ClO2/c19-16-10-2-1-5-13(16)11-14-8-3-6-12-7-4-9-15(17(12)14)18(20)21/h1-2,4-5,7,9-11H,3,6,8H2,(H,20,21)/b14-11+. The van der Waals surface area contributed by atoms with E-state index in [9.17, 15) is 9.90 Å². The van der Waals surface area contributed by atoms with Crippen LogP contribution >= 0.6 is 11.6 Å². The van der Waals surface area contributed by atoms with Crippen LogP contribution in [-0.2, 0) is 6.42 Å². The Hall–Kier alpha value is -2.06. The van der Waals surface area contributed by atoms with Crippen molar-refractivity contribution >= 4 is 29.2 Å². The lowest BCUT2D eigenvalue weighted by Gasteiger charge is -2.21. The van der Waals surface area contributed by atoms with E-state index in [4.69, 9.17) is 11.6 Å². The van der Waals surface area contributed by atoms with E-state index in [0.29, 0.717) is 10.6 Å². The van der Waals surface area contributed by atoms with Crippen LogP contribution in [0.3, 0.4) is 0 Å². The molecule has 1 N–H and O–H groups in total. The van der Waals surface area contributed by atoms with Crippen molar-refractivity contribution in [3.8, 4) is 0 Å². The second kappa shape index (κ2) is 5.74. The molecule has 1 aliphatic rings. The fraction of sp³-hybridized carbons (Fsp3) is 0.167. The van der Waals surface area contributed by atoms with Gasteiger partial charge in [0.2, 0.25) is 0 Å². The number of hydrogen-bond donors (Lipinski definition) is 1. The molecule has 1 aliphatic carbocycles. The molecule has 2 nitrogen and oxygen atoms in total. The molecule has 0 heterocycles. The highest BCUT2D eigenvalue weighted by Gasteiger charge is 2.20. The van der Waals surface area contributed by atoms with Gasteiger partial charge in [0.1, 0.15) is 0 Å². The number of carboxylic acids is 1. The van der Waals surface area contributed by atoms with Gasteiger partial charge in [0, 0.05) is 5.02 Å². The summed E-state index contributed by atoms with van der Waals surface area (Å²) in [5.41, 5.74) is 4.35. The molecule has 0 saturated heterocycles. The van der Waals surface area contributed by atoms with Crippen molar-refractivity contribution in [2.45, 2.75) is 19.3 Å². The normalized spacial score (nSPS) is 15.8. The lowest BCUT2D eigenvalue weighted by atomic mass is 9.83. The van der Waals surface area contributed by atoms with Crippen molar-refractivity contribution in [2.24, 2.45) is 0 Å². The number of rotatable bonds is 2. The smallest absolute Gasteiger partial charge is 0.336 e. The maximum Gasteiger partial charge on any atom is 0.336 e. The molecule has 106 valence electrons. The first-order chi connectivity index (χ1) is 10.2. The predicted molar refractivity (Wildman–Crippen MR) is 85.7 cm³/mol. The topological polar surface area (TPSA) is 37.3 Å². The number of benzene rings is 2. The Bertz CT molecular complexity index is 732. The molecule has 0 amide bonds. The Morgan fingerprint density at radius 1 is 1.10 bits per heavy atom. The third-order valence-corrected chi connectivity index (χ3v) is 4.17. The lowest BCUT2D eigenvalue weighted by Crippen LogP contribution is -2.09. The van der Waals surface area contributed by atoms with Crippen LogP contribution in [-0.4, -0.2) is 11.1 Å². The third kappa shape index (κ3) is 2.72. The van der Waals surface area contributed by atoms with Gasteiger partial charge in [0.15, 0.2) is 0 Å². The van der Waals surface area contributed by atoms with Crippen molar-refractivity contribution in [3.05, 3.63) is 69.7 Å². The van der Waals surface area contributed by atoms with E-state index in [0.717, 1.165) is 41.5 Å². The van der Waals surface area contributed by atoms with Crippen molar-refractivity contribution in [1.82, 2.24) is 0 Å². The van der Waals surface area contributed by atoms with Crippen LogP contribution in [0.15, 0.2) is 42.5 Å². The lowest BCUT2D eigenvalue weighted by molar-refractivity contribution is 0.0696. The molecule has 0 fully saturated rings.